The summed E-state index contributed by atoms with van der Waals surface area (Å²) in [5.74, 6) is -2.60. The number of aliphatic hydroxyl groups is 2. The van der Waals surface area contributed by atoms with Crippen LogP contribution < -0.4 is 0 Å². The highest BCUT2D eigenvalue weighted by atomic mass is 16.6. The third-order valence-corrected chi connectivity index (χ3v) is 5.40. The van der Waals surface area contributed by atoms with Gasteiger partial charge in [0.05, 0.1) is 25.0 Å². The molecule has 0 spiro atoms. The first-order valence-corrected chi connectivity index (χ1v) is 8.33. The molecule has 0 amide bonds. The molecule has 6 nitrogen and oxygen atoms in total. The highest BCUT2D eigenvalue weighted by Crippen LogP contribution is 2.53. The smallest absolute Gasteiger partial charge is 0.334 e. The molecule has 138 valence electrons. The fourth-order valence-electron chi connectivity index (χ4n) is 3.84. The van der Waals surface area contributed by atoms with Crippen LogP contribution in [0.1, 0.15) is 20.3 Å². The molecule has 25 heavy (non-hydrogen) atoms. The van der Waals surface area contributed by atoms with E-state index in [1.54, 1.807) is 13.0 Å². The Hall–Kier alpha value is -1.92. The molecular weight excluding hydrogens is 324 g/mol. The van der Waals surface area contributed by atoms with Crippen molar-refractivity contribution >= 4 is 11.9 Å². The Bertz CT molecular complexity index is 609. The van der Waals surface area contributed by atoms with E-state index in [1.165, 1.54) is 0 Å². The van der Waals surface area contributed by atoms with Crippen LogP contribution in [0.15, 0.2) is 37.0 Å². The molecule has 0 aromatic rings. The van der Waals surface area contributed by atoms with Crippen LogP contribution in [0.5, 0.6) is 0 Å². The van der Waals surface area contributed by atoms with Crippen LogP contribution in [0.4, 0.5) is 0 Å². The van der Waals surface area contributed by atoms with Crippen LogP contribution >= 0.6 is 0 Å². The number of hydrogen-bond donors (Lipinski definition) is 2. The molecule has 2 N–H and O–H groups in total. The lowest BCUT2D eigenvalue weighted by atomic mass is 9.59. The lowest BCUT2D eigenvalue weighted by Gasteiger charge is -2.48. The van der Waals surface area contributed by atoms with Gasteiger partial charge in [-0.25, -0.2) is 4.79 Å². The first kappa shape index (κ1) is 19.4. The summed E-state index contributed by atoms with van der Waals surface area (Å²) in [6.07, 6.45) is 0.857. The summed E-state index contributed by atoms with van der Waals surface area (Å²) in [5, 5.41) is 18.7. The number of aliphatic hydroxyl groups excluding tert-OH is 2. The van der Waals surface area contributed by atoms with Gasteiger partial charge in [-0.15, -0.1) is 6.58 Å². The van der Waals surface area contributed by atoms with Crippen molar-refractivity contribution in [3.8, 4) is 0 Å². The van der Waals surface area contributed by atoms with Gasteiger partial charge in [-0.1, -0.05) is 26.2 Å². The van der Waals surface area contributed by atoms with Crippen molar-refractivity contribution in [1.82, 2.24) is 0 Å². The Morgan fingerprint density at radius 1 is 1.52 bits per heavy atom. The SMILES string of the molecule is C=C[C@@]1(C)C[C@H](OC(=O)[C@H](C)CO)[C@H]2C(=C)C(=O)O[C@@H]2[C@H]1C(=C)CO. The summed E-state index contributed by atoms with van der Waals surface area (Å²) >= 11 is 0. The average Bonchev–Trinajstić information content (AvgIpc) is 2.88. The van der Waals surface area contributed by atoms with Gasteiger partial charge in [-0.3, -0.25) is 4.79 Å². The first-order valence-electron chi connectivity index (χ1n) is 8.33. The summed E-state index contributed by atoms with van der Waals surface area (Å²) in [6, 6.07) is 0. The van der Waals surface area contributed by atoms with Crippen LogP contribution in [0.3, 0.4) is 0 Å². The fraction of sp³-hybridized carbons (Fsp3) is 0.579. The molecule has 1 heterocycles. The van der Waals surface area contributed by atoms with Gasteiger partial charge in [-0.05, 0) is 24.3 Å². The van der Waals surface area contributed by atoms with Gasteiger partial charge in [0.15, 0.2) is 0 Å². The molecular formula is C19H26O6. The summed E-state index contributed by atoms with van der Waals surface area (Å²) in [5.41, 5.74) is 0.203. The Morgan fingerprint density at radius 3 is 2.68 bits per heavy atom. The van der Waals surface area contributed by atoms with Gasteiger partial charge in [0.25, 0.3) is 0 Å². The molecule has 0 bridgehead atoms. The van der Waals surface area contributed by atoms with E-state index in [1.807, 2.05) is 6.92 Å². The van der Waals surface area contributed by atoms with Gasteiger partial charge in [0.2, 0.25) is 0 Å². The maximum Gasteiger partial charge on any atom is 0.334 e. The lowest BCUT2D eigenvalue weighted by molar-refractivity contribution is -0.167. The van der Waals surface area contributed by atoms with E-state index in [0.29, 0.717) is 12.0 Å². The Balaban J connectivity index is 2.41. The van der Waals surface area contributed by atoms with Crippen LogP contribution in [0.25, 0.3) is 0 Å². The maximum atomic E-state index is 12.2. The topological polar surface area (TPSA) is 93.1 Å². The van der Waals surface area contributed by atoms with Gasteiger partial charge >= 0.3 is 11.9 Å². The number of rotatable bonds is 6. The molecule has 1 aliphatic heterocycles. The molecule has 1 aliphatic carbocycles. The van der Waals surface area contributed by atoms with Crippen molar-refractivity contribution in [2.75, 3.05) is 13.2 Å². The zero-order valence-electron chi connectivity index (χ0n) is 14.7. The minimum atomic E-state index is -0.662. The van der Waals surface area contributed by atoms with Crippen molar-refractivity contribution in [2.45, 2.75) is 32.5 Å². The molecule has 0 radical (unpaired) electrons. The molecule has 0 aromatic heterocycles. The van der Waals surface area contributed by atoms with Crippen molar-refractivity contribution in [3.05, 3.63) is 37.0 Å². The number of hydrogen-bond acceptors (Lipinski definition) is 6. The summed E-state index contributed by atoms with van der Waals surface area (Å²) in [7, 11) is 0. The van der Waals surface area contributed by atoms with Gasteiger partial charge in [0, 0.05) is 11.5 Å². The van der Waals surface area contributed by atoms with Crippen LogP contribution in [0.2, 0.25) is 0 Å². The number of allylic oxidation sites excluding steroid dienone is 1. The van der Waals surface area contributed by atoms with Crippen LogP contribution in [-0.2, 0) is 19.1 Å². The Kier molecular flexibility index (Phi) is 5.54. The lowest BCUT2D eigenvalue weighted by Crippen LogP contribution is -2.52. The maximum absolute atomic E-state index is 12.2. The first-order chi connectivity index (χ1) is 11.7. The third kappa shape index (κ3) is 3.28. The monoisotopic (exact) mass is 350 g/mol. The van der Waals surface area contributed by atoms with Gasteiger partial charge in [0.1, 0.15) is 12.2 Å². The van der Waals surface area contributed by atoms with E-state index in [9.17, 15) is 14.7 Å². The molecule has 2 rings (SSSR count). The molecule has 2 fully saturated rings. The van der Waals surface area contributed by atoms with Crippen LogP contribution in [0, 0.1) is 23.2 Å². The summed E-state index contributed by atoms with van der Waals surface area (Å²) < 4.78 is 11.1. The predicted molar refractivity (Wildman–Crippen MR) is 91.3 cm³/mol. The van der Waals surface area contributed by atoms with E-state index in [-0.39, 0.29) is 24.7 Å². The Morgan fingerprint density at radius 2 is 2.16 bits per heavy atom. The molecule has 1 saturated carbocycles. The second-order valence-electron chi connectivity index (χ2n) is 7.19. The molecule has 6 heteroatoms. The van der Waals surface area contributed by atoms with Crippen molar-refractivity contribution in [1.29, 1.82) is 0 Å². The minimum absolute atomic E-state index is 0.243. The number of fused-ring (bicyclic) bond motifs is 1. The molecule has 1 saturated heterocycles. The van der Waals surface area contributed by atoms with Crippen molar-refractivity contribution < 1.29 is 29.3 Å². The summed E-state index contributed by atoms with van der Waals surface area (Å²) in [4.78, 5) is 24.3. The number of ether oxygens (including phenoxy) is 2. The summed E-state index contributed by atoms with van der Waals surface area (Å²) in [6.45, 7) is 14.5. The van der Waals surface area contributed by atoms with Crippen molar-refractivity contribution in [2.24, 2.45) is 23.2 Å². The highest BCUT2D eigenvalue weighted by Gasteiger charge is 2.58. The number of carbonyl (C=O) groups is 2. The van der Waals surface area contributed by atoms with Gasteiger partial charge < -0.3 is 19.7 Å². The normalized spacial score (nSPS) is 35.5. The minimum Gasteiger partial charge on any atom is -0.461 e. The zero-order chi connectivity index (χ0) is 18.9. The van der Waals surface area contributed by atoms with Gasteiger partial charge in [-0.2, -0.15) is 0 Å². The fourth-order valence-corrected chi connectivity index (χ4v) is 3.84. The standard InChI is InChI=1S/C19H26O6/c1-6-19(5)7-13(24-17(22)11(3)9-21)14-12(4)18(23)25-16(14)15(19)10(2)8-20/h6,11,13-16,20-21H,1-2,4,7-9H2,3,5H3/t11-,13+,14-,15-,16+,19+/m1/s1. The molecule has 6 atom stereocenters. The average molecular weight is 350 g/mol. The van der Waals surface area contributed by atoms with Crippen molar-refractivity contribution in [3.63, 3.8) is 0 Å². The molecule has 0 aromatic carbocycles. The van der Waals surface area contributed by atoms with E-state index in [2.05, 4.69) is 19.7 Å². The second kappa shape index (κ2) is 7.14. The predicted octanol–water partition coefficient (Wildman–Crippen LogP) is 1.39. The quantitative estimate of drug-likeness (QED) is 0.427. The van der Waals surface area contributed by atoms with E-state index >= 15 is 0 Å². The van der Waals surface area contributed by atoms with Crippen LogP contribution in [-0.4, -0.2) is 47.6 Å². The Labute approximate surface area is 147 Å². The van der Waals surface area contributed by atoms with E-state index in [4.69, 9.17) is 14.6 Å². The van der Waals surface area contributed by atoms with E-state index in [0.717, 1.165) is 0 Å². The molecule has 2 aliphatic rings. The largest absolute Gasteiger partial charge is 0.461 e. The zero-order valence-corrected chi connectivity index (χ0v) is 14.7. The third-order valence-electron chi connectivity index (χ3n) is 5.40. The number of esters is 2. The van der Waals surface area contributed by atoms with E-state index < -0.39 is 41.4 Å². The number of carbonyl (C=O) groups excluding carboxylic acids is 2. The molecule has 0 unspecified atom stereocenters. The second-order valence-corrected chi connectivity index (χ2v) is 7.19. The highest BCUT2D eigenvalue weighted by molar-refractivity contribution is 5.91.